The van der Waals surface area contributed by atoms with Crippen molar-refractivity contribution in [1.29, 1.82) is 0 Å². The van der Waals surface area contributed by atoms with E-state index in [9.17, 15) is 9.90 Å². The second-order valence-electron chi connectivity index (χ2n) is 3.96. The first-order valence-electron chi connectivity index (χ1n) is 5.43. The fourth-order valence-electron chi connectivity index (χ4n) is 1.56. The number of benzene rings is 2. The zero-order valence-corrected chi connectivity index (χ0v) is 9.88. The van der Waals surface area contributed by atoms with Crippen molar-refractivity contribution in [2.45, 2.75) is 6.92 Å². The third kappa shape index (κ3) is 2.60. The monoisotopic (exact) mass is 243 g/mol. The van der Waals surface area contributed by atoms with Crippen LogP contribution in [0.5, 0.6) is 17.2 Å². The molecule has 0 aliphatic rings. The van der Waals surface area contributed by atoms with Crippen LogP contribution in [0, 0.1) is 6.92 Å². The molecule has 0 spiro atoms. The van der Waals surface area contributed by atoms with Gasteiger partial charge in [0.1, 0.15) is 17.2 Å². The van der Waals surface area contributed by atoms with Gasteiger partial charge in [0.05, 0.1) is 5.56 Å². The third-order valence-electron chi connectivity index (χ3n) is 2.47. The van der Waals surface area contributed by atoms with Crippen LogP contribution in [0.2, 0.25) is 0 Å². The number of primary amides is 1. The fourth-order valence-corrected chi connectivity index (χ4v) is 1.56. The number of aromatic hydroxyl groups is 1. The largest absolute Gasteiger partial charge is 0.508 e. The molecule has 0 saturated heterocycles. The average molecular weight is 243 g/mol. The standard InChI is InChI=1S/C14H13NO3/c1-9-2-7-12(14(15)17)13(8-9)18-11-5-3-10(16)4-6-11/h2-8,16H,1H3,(H2,15,17). The van der Waals surface area contributed by atoms with Crippen molar-refractivity contribution in [2.75, 3.05) is 0 Å². The van der Waals surface area contributed by atoms with Gasteiger partial charge in [0.25, 0.3) is 5.91 Å². The Bertz CT molecular complexity index is 576. The molecule has 0 heterocycles. The maximum absolute atomic E-state index is 11.3. The van der Waals surface area contributed by atoms with Crippen molar-refractivity contribution in [3.63, 3.8) is 0 Å². The number of aryl methyl sites for hydroxylation is 1. The molecule has 4 heteroatoms. The zero-order chi connectivity index (χ0) is 13.1. The minimum atomic E-state index is -0.538. The second-order valence-corrected chi connectivity index (χ2v) is 3.96. The maximum Gasteiger partial charge on any atom is 0.252 e. The predicted molar refractivity (Wildman–Crippen MR) is 67.9 cm³/mol. The van der Waals surface area contributed by atoms with E-state index in [-0.39, 0.29) is 5.75 Å². The fraction of sp³-hybridized carbons (Fsp3) is 0.0714. The molecule has 0 atom stereocenters. The molecule has 0 saturated carbocycles. The van der Waals surface area contributed by atoms with E-state index in [2.05, 4.69) is 0 Å². The summed E-state index contributed by atoms with van der Waals surface area (Å²) in [6.07, 6.45) is 0. The lowest BCUT2D eigenvalue weighted by Gasteiger charge is -2.10. The molecule has 1 amide bonds. The van der Waals surface area contributed by atoms with E-state index in [4.69, 9.17) is 10.5 Å². The highest BCUT2D eigenvalue weighted by atomic mass is 16.5. The van der Waals surface area contributed by atoms with E-state index in [0.717, 1.165) is 5.56 Å². The van der Waals surface area contributed by atoms with Crippen molar-refractivity contribution >= 4 is 5.91 Å². The molecule has 0 fully saturated rings. The maximum atomic E-state index is 11.3. The second kappa shape index (κ2) is 4.79. The lowest BCUT2D eigenvalue weighted by Crippen LogP contribution is -2.12. The molecular weight excluding hydrogens is 230 g/mol. The summed E-state index contributed by atoms with van der Waals surface area (Å²) in [6, 6.07) is 11.4. The molecule has 3 N–H and O–H groups in total. The van der Waals surface area contributed by atoms with Gasteiger partial charge in [-0.3, -0.25) is 4.79 Å². The van der Waals surface area contributed by atoms with E-state index in [0.29, 0.717) is 17.1 Å². The van der Waals surface area contributed by atoms with Crippen LogP contribution in [0.4, 0.5) is 0 Å². The average Bonchev–Trinajstić information content (AvgIpc) is 2.32. The number of hydrogen-bond donors (Lipinski definition) is 2. The molecule has 0 unspecified atom stereocenters. The van der Waals surface area contributed by atoms with Crippen LogP contribution in [-0.4, -0.2) is 11.0 Å². The van der Waals surface area contributed by atoms with E-state index >= 15 is 0 Å². The first kappa shape index (κ1) is 12.0. The Morgan fingerprint density at radius 1 is 1.17 bits per heavy atom. The van der Waals surface area contributed by atoms with E-state index < -0.39 is 5.91 Å². The highest BCUT2D eigenvalue weighted by Gasteiger charge is 2.10. The summed E-state index contributed by atoms with van der Waals surface area (Å²) in [5.41, 5.74) is 6.58. The van der Waals surface area contributed by atoms with Crippen molar-refractivity contribution < 1.29 is 14.6 Å². The van der Waals surface area contributed by atoms with Crippen LogP contribution in [-0.2, 0) is 0 Å². The normalized spacial score (nSPS) is 10.1. The Balaban J connectivity index is 2.35. The number of amides is 1. The molecule has 0 radical (unpaired) electrons. The number of carbonyl (C=O) groups is 1. The molecule has 18 heavy (non-hydrogen) atoms. The first-order valence-corrected chi connectivity index (χ1v) is 5.43. The minimum absolute atomic E-state index is 0.154. The molecular formula is C14H13NO3. The molecule has 0 aromatic heterocycles. The first-order chi connectivity index (χ1) is 8.56. The number of rotatable bonds is 3. The van der Waals surface area contributed by atoms with E-state index in [1.165, 1.54) is 12.1 Å². The van der Waals surface area contributed by atoms with Crippen LogP contribution in [0.1, 0.15) is 15.9 Å². The summed E-state index contributed by atoms with van der Waals surface area (Å²) in [6.45, 7) is 1.90. The van der Waals surface area contributed by atoms with Gasteiger partial charge in [0.15, 0.2) is 0 Å². The van der Waals surface area contributed by atoms with Gasteiger partial charge in [0.2, 0.25) is 0 Å². The molecule has 0 aliphatic heterocycles. The van der Waals surface area contributed by atoms with Gasteiger partial charge >= 0.3 is 0 Å². The zero-order valence-electron chi connectivity index (χ0n) is 9.88. The molecule has 0 aliphatic carbocycles. The summed E-state index contributed by atoms with van der Waals surface area (Å²) in [5.74, 6) is 0.555. The Morgan fingerprint density at radius 3 is 2.44 bits per heavy atom. The summed E-state index contributed by atoms with van der Waals surface area (Å²) in [4.78, 5) is 11.3. The summed E-state index contributed by atoms with van der Waals surface area (Å²) >= 11 is 0. The van der Waals surface area contributed by atoms with Crippen molar-refractivity contribution in [2.24, 2.45) is 5.73 Å². The van der Waals surface area contributed by atoms with E-state index in [1.54, 1.807) is 30.3 Å². The third-order valence-corrected chi connectivity index (χ3v) is 2.47. The van der Waals surface area contributed by atoms with Gasteiger partial charge in [-0.2, -0.15) is 0 Å². The Kier molecular flexibility index (Phi) is 3.19. The number of ether oxygens (including phenoxy) is 1. The smallest absolute Gasteiger partial charge is 0.252 e. The lowest BCUT2D eigenvalue weighted by atomic mass is 10.1. The number of carbonyl (C=O) groups excluding carboxylic acids is 1. The Hall–Kier alpha value is -2.49. The van der Waals surface area contributed by atoms with Crippen LogP contribution in [0.25, 0.3) is 0 Å². The molecule has 4 nitrogen and oxygen atoms in total. The topological polar surface area (TPSA) is 72.6 Å². The quantitative estimate of drug-likeness (QED) is 0.870. The van der Waals surface area contributed by atoms with Crippen LogP contribution >= 0.6 is 0 Å². The minimum Gasteiger partial charge on any atom is -0.508 e. The Labute approximate surface area is 105 Å². The molecule has 92 valence electrons. The SMILES string of the molecule is Cc1ccc(C(N)=O)c(Oc2ccc(O)cc2)c1. The molecule has 2 rings (SSSR count). The van der Waals surface area contributed by atoms with Gasteiger partial charge in [0, 0.05) is 0 Å². The van der Waals surface area contributed by atoms with Gasteiger partial charge in [-0.25, -0.2) is 0 Å². The summed E-state index contributed by atoms with van der Waals surface area (Å²) in [7, 11) is 0. The van der Waals surface area contributed by atoms with Gasteiger partial charge in [-0.05, 0) is 48.9 Å². The number of hydrogen-bond acceptors (Lipinski definition) is 3. The van der Waals surface area contributed by atoms with Gasteiger partial charge < -0.3 is 15.6 Å². The molecule has 0 bridgehead atoms. The highest BCUT2D eigenvalue weighted by molar-refractivity contribution is 5.95. The van der Waals surface area contributed by atoms with Gasteiger partial charge in [-0.1, -0.05) is 6.07 Å². The van der Waals surface area contributed by atoms with Crippen molar-refractivity contribution in [3.05, 3.63) is 53.6 Å². The number of phenolic OH excluding ortho intramolecular Hbond substituents is 1. The van der Waals surface area contributed by atoms with Crippen molar-refractivity contribution in [3.8, 4) is 17.2 Å². The summed E-state index contributed by atoms with van der Waals surface area (Å²) in [5, 5.41) is 9.18. The highest BCUT2D eigenvalue weighted by Crippen LogP contribution is 2.27. The van der Waals surface area contributed by atoms with Crippen LogP contribution < -0.4 is 10.5 Å². The number of nitrogens with two attached hydrogens (primary N) is 1. The van der Waals surface area contributed by atoms with Crippen LogP contribution in [0.3, 0.4) is 0 Å². The summed E-state index contributed by atoms with van der Waals surface area (Å²) < 4.78 is 5.59. The Morgan fingerprint density at radius 2 is 1.83 bits per heavy atom. The van der Waals surface area contributed by atoms with E-state index in [1.807, 2.05) is 6.92 Å². The molecule has 2 aromatic carbocycles. The number of phenols is 1. The van der Waals surface area contributed by atoms with Crippen LogP contribution in [0.15, 0.2) is 42.5 Å². The van der Waals surface area contributed by atoms with Gasteiger partial charge in [-0.15, -0.1) is 0 Å². The van der Waals surface area contributed by atoms with Crippen molar-refractivity contribution in [1.82, 2.24) is 0 Å². The molecule has 2 aromatic rings. The lowest BCUT2D eigenvalue weighted by molar-refractivity contribution is 0.0998. The predicted octanol–water partition coefficient (Wildman–Crippen LogP) is 2.59.